The minimum atomic E-state index is -0.275. The molecule has 3 aromatic rings. The van der Waals surface area contributed by atoms with Crippen LogP contribution in [0.1, 0.15) is 13.0 Å². The fourth-order valence-corrected chi connectivity index (χ4v) is 4.56. The number of thiophene rings is 1. The lowest BCUT2D eigenvalue weighted by Crippen LogP contribution is -2.33. The van der Waals surface area contributed by atoms with E-state index in [0.717, 1.165) is 23.5 Å². The van der Waals surface area contributed by atoms with E-state index in [-0.39, 0.29) is 23.5 Å². The van der Waals surface area contributed by atoms with E-state index in [4.69, 9.17) is 4.74 Å². The van der Waals surface area contributed by atoms with E-state index in [1.807, 2.05) is 20.0 Å². The van der Waals surface area contributed by atoms with E-state index < -0.39 is 0 Å². The number of fused-ring (bicyclic) bond motifs is 1. The highest BCUT2D eigenvalue weighted by Gasteiger charge is 2.33. The average Bonchev–Trinajstić information content (AvgIpc) is 3.20. The molecule has 1 aliphatic rings. The third kappa shape index (κ3) is 3.06. The highest BCUT2D eigenvalue weighted by Crippen LogP contribution is 2.31. The Bertz CT molecular complexity index is 983. The maximum atomic E-state index is 13.1. The molecule has 3 heterocycles. The van der Waals surface area contributed by atoms with Crippen molar-refractivity contribution in [1.82, 2.24) is 14.5 Å². The Morgan fingerprint density at radius 1 is 1.31 bits per heavy atom. The van der Waals surface area contributed by atoms with Gasteiger partial charge in [0.15, 0.2) is 0 Å². The van der Waals surface area contributed by atoms with E-state index in [1.54, 1.807) is 23.0 Å². The van der Waals surface area contributed by atoms with Crippen molar-refractivity contribution in [3.8, 4) is 10.4 Å². The van der Waals surface area contributed by atoms with Gasteiger partial charge in [0.2, 0.25) is 0 Å². The molecule has 0 bridgehead atoms. The van der Waals surface area contributed by atoms with Gasteiger partial charge in [0, 0.05) is 24.6 Å². The van der Waals surface area contributed by atoms with Crippen molar-refractivity contribution >= 4 is 21.6 Å². The Labute approximate surface area is 154 Å². The quantitative estimate of drug-likeness (QED) is 0.705. The summed E-state index contributed by atoms with van der Waals surface area (Å²) in [5.74, 6) is -0.275. The Hall–Kier alpha value is -2.09. The average molecular weight is 373 g/mol. The summed E-state index contributed by atoms with van der Waals surface area (Å²) in [7, 11) is 2.03. The van der Waals surface area contributed by atoms with Crippen LogP contribution in [0, 0.1) is 5.82 Å². The number of hydrogen-bond acceptors (Lipinski definition) is 5. The van der Waals surface area contributed by atoms with Crippen molar-refractivity contribution in [2.24, 2.45) is 0 Å². The predicted molar refractivity (Wildman–Crippen MR) is 101 cm³/mol. The van der Waals surface area contributed by atoms with Crippen LogP contribution in [0.3, 0.4) is 0 Å². The number of rotatable bonds is 4. The standard InChI is InChI=1S/C19H20FN3O2S/c1-3-25-16-10-22(2)9-15(16)23-11-21-14-8-17(26-18(14)19(23)24)12-4-6-13(20)7-5-12/h4-8,11,15-16H,3,9-10H2,1-2H3/t15-,16-/m0/s1. The van der Waals surface area contributed by atoms with E-state index in [9.17, 15) is 9.18 Å². The summed E-state index contributed by atoms with van der Waals surface area (Å²) in [5, 5.41) is 0. The molecule has 0 spiro atoms. The number of halogens is 1. The molecule has 7 heteroatoms. The van der Waals surface area contributed by atoms with Crippen molar-refractivity contribution in [1.29, 1.82) is 0 Å². The van der Waals surface area contributed by atoms with Gasteiger partial charge in [-0.05, 0) is 37.7 Å². The Morgan fingerprint density at radius 2 is 2.08 bits per heavy atom. The first-order valence-corrected chi connectivity index (χ1v) is 9.45. The molecule has 1 fully saturated rings. The van der Waals surface area contributed by atoms with Gasteiger partial charge in [-0.3, -0.25) is 9.36 Å². The first-order chi connectivity index (χ1) is 12.6. The molecule has 0 N–H and O–H groups in total. The zero-order chi connectivity index (χ0) is 18.3. The normalized spacial score (nSPS) is 20.9. The van der Waals surface area contributed by atoms with Gasteiger partial charge in [-0.1, -0.05) is 12.1 Å². The van der Waals surface area contributed by atoms with Gasteiger partial charge in [0.1, 0.15) is 10.5 Å². The van der Waals surface area contributed by atoms with Crippen LogP contribution in [-0.4, -0.2) is 47.3 Å². The van der Waals surface area contributed by atoms with Crippen LogP contribution >= 0.6 is 11.3 Å². The van der Waals surface area contributed by atoms with Gasteiger partial charge in [-0.2, -0.15) is 0 Å². The molecule has 0 aliphatic carbocycles. The number of likely N-dealkylation sites (tertiary alicyclic amines) is 1. The highest BCUT2D eigenvalue weighted by atomic mass is 32.1. The van der Waals surface area contributed by atoms with Gasteiger partial charge in [0.05, 0.1) is 24.0 Å². The molecule has 0 unspecified atom stereocenters. The van der Waals surface area contributed by atoms with E-state index in [2.05, 4.69) is 9.88 Å². The van der Waals surface area contributed by atoms with Crippen LogP contribution in [0.4, 0.5) is 4.39 Å². The molecule has 2 atom stereocenters. The van der Waals surface area contributed by atoms with E-state index in [1.165, 1.54) is 23.5 Å². The summed E-state index contributed by atoms with van der Waals surface area (Å²) in [6.45, 7) is 4.14. The first-order valence-electron chi connectivity index (χ1n) is 8.63. The smallest absolute Gasteiger partial charge is 0.271 e. The molecule has 136 valence electrons. The van der Waals surface area contributed by atoms with E-state index >= 15 is 0 Å². The summed E-state index contributed by atoms with van der Waals surface area (Å²) in [6.07, 6.45) is 1.61. The topological polar surface area (TPSA) is 47.4 Å². The van der Waals surface area contributed by atoms with Crippen LogP contribution in [-0.2, 0) is 4.74 Å². The largest absolute Gasteiger partial charge is 0.375 e. The third-order valence-corrected chi connectivity index (χ3v) is 5.91. The fourth-order valence-electron chi connectivity index (χ4n) is 3.50. The van der Waals surface area contributed by atoms with Crippen molar-refractivity contribution < 1.29 is 9.13 Å². The zero-order valence-electron chi connectivity index (χ0n) is 14.7. The molecule has 1 aromatic carbocycles. The number of nitrogens with zero attached hydrogens (tertiary/aromatic N) is 3. The van der Waals surface area contributed by atoms with Gasteiger partial charge in [-0.15, -0.1) is 11.3 Å². The van der Waals surface area contributed by atoms with Crippen molar-refractivity contribution in [2.75, 3.05) is 26.7 Å². The second-order valence-electron chi connectivity index (χ2n) is 6.57. The molecular weight excluding hydrogens is 353 g/mol. The molecule has 26 heavy (non-hydrogen) atoms. The minimum Gasteiger partial charge on any atom is -0.375 e. The fraction of sp³-hybridized carbons (Fsp3) is 0.368. The zero-order valence-corrected chi connectivity index (χ0v) is 15.5. The molecule has 5 nitrogen and oxygen atoms in total. The lowest BCUT2D eigenvalue weighted by Gasteiger charge is -2.20. The Balaban J connectivity index is 1.75. The summed E-state index contributed by atoms with van der Waals surface area (Å²) in [5.41, 5.74) is 1.52. The third-order valence-electron chi connectivity index (χ3n) is 4.75. The van der Waals surface area contributed by atoms with Crippen molar-refractivity contribution in [3.05, 3.63) is 52.8 Å². The Morgan fingerprint density at radius 3 is 2.81 bits per heavy atom. The van der Waals surface area contributed by atoms with Gasteiger partial charge < -0.3 is 9.64 Å². The summed E-state index contributed by atoms with van der Waals surface area (Å²) >= 11 is 1.40. The molecule has 4 rings (SSSR count). The SMILES string of the molecule is CCO[C@H]1CN(C)C[C@@H]1n1cnc2cc(-c3ccc(F)cc3)sc2c1=O. The maximum absolute atomic E-state index is 13.1. The summed E-state index contributed by atoms with van der Waals surface area (Å²) in [6, 6.07) is 8.13. The van der Waals surface area contributed by atoms with E-state index in [0.29, 0.717) is 16.8 Å². The molecule has 2 aromatic heterocycles. The van der Waals surface area contributed by atoms with Crippen LogP contribution in [0.2, 0.25) is 0 Å². The number of ether oxygens (including phenoxy) is 1. The van der Waals surface area contributed by atoms with Gasteiger partial charge in [-0.25, -0.2) is 9.37 Å². The van der Waals surface area contributed by atoms with Crippen molar-refractivity contribution in [2.45, 2.75) is 19.1 Å². The number of hydrogen-bond donors (Lipinski definition) is 0. The number of aromatic nitrogens is 2. The predicted octanol–water partition coefficient (Wildman–Crippen LogP) is 3.16. The number of benzene rings is 1. The minimum absolute atomic E-state index is 0.0153. The molecular formula is C19H20FN3O2S. The van der Waals surface area contributed by atoms with Gasteiger partial charge >= 0.3 is 0 Å². The lowest BCUT2D eigenvalue weighted by molar-refractivity contribution is 0.0459. The van der Waals surface area contributed by atoms with Crippen LogP contribution < -0.4 is 5.56 Å². The molecule has 1 saturated heterocycles. The summed E-state index contributed by atoms with van der Waals surface area (Å²) < 4.78 is 21.3. The Kier molecular flexibility index (Phi) is 4.60. The van der Waals surface area contributed by atoms with Gasteiger partial charge in [0.25, 0.3) is 5.56 Å². The van der Waals surface area contributed by atoms with Crippen LogP contribution in [0.25, 0.3) is 20.7 Å². The van der Waals surface area contributed by atoms with Crippen LogP contribution in [0.5, 0.6) is 0 Å². The second kappa shape index (κ2) is 6.90. The number of likely N-dealkylation sites (N-methyl/N-ethyl adjacent to an activating group) is 1. The van der Waals surface area contributed by atoms with Crippen LogP contribution in [0.15, 0.2) is 41.5 Å². The molecule has 0 radical (unpaired) electrons. The molecule has 0 saturated carbocycles. The highest BCUT2D eigenvalue weighted by molar-refractivity contribution is 7.22. The molecule has 0 amide bonds. The lowest BCUT2D eigenvalue weighted by atomic mass is 10.2. The molecule has 1 aliphatic heterocycles. The maximum Gasteiger partial charge on any atom is 0.271 e. The summed E-state index contributed by atoms with van der Waals surface area (Å²) in [4.78, 5) is 20.6. The first kappa shape index (κ1) is 17.3. The monoisotopic (exact) mass is 373 g/mol. The second-order valence-corrected chi connectivity index (χ2v) is 7.62. The van der Waals surface area contributed by atoms with Crippen molar-refractivity contribution in [3.63, 3.8) is 0 Å².